The maximum Gasteiger partial charge on any atom is 0.0685 e. The van der Waals surface area contributed by atoms with Crippen LogP contribution in [0.1, 0.15) is 71.1 Å². The van der Waals surface area contributed by atoms with Crippen molar-refractivity contribution in [3.8, 4) is 0 Å². The molecule has 0 bridgehead atoms. The van der Waals surface area contributed by atoms with Crippen LogP contribution < -0.4 is 11.3 Å². The molecule has 3 nitrogen and oxygen atoms in total. The van der Waals surface area contributed by atoms with Crippen molar-refractivity contribution in [1.29, 1.82) is 0 Å². The summed E-state index contributed by atoms with van der Waals surface area (Å²) < 4.78 is 6.25. The fraction of sp³-hybridized carbons (Fsp3) is 1.00. The van der Waals surface area contributed by atoms with Gasteiger partial charge in [-0.15, -0.1) is 0 Å². The summed E-state index contributed by atoms with van der Waals surface area (Å²) in [7, 11) is 0. The summed E-state index contributed by atoms with van der Waals surface area (Å²) in [6, 6.07) is 0.516. The number of ether oxygens (including phenoxy) is 1. The molecule has 2 saturated carbocycles. The zero-order valence-corrected chi connectivity index (χ0v) is 13.1. The van der Waals surface area contributed by atoms with Crippen LogP contribution in [0.15, 0.2) is 0 Å². The Balaban J connectivity index is 1.65. The first-order chi connectivity index (χ1) is 9.72. The largest absolute Gasteiger partial charge is 0.375 e. The van der Waals surface area contributed by atoms with Crippen LogP contribution in [-0.2, 0) is 4.74 Å². The SMILES string of the molecule is CC1CCC(C(NN)C2CCOC3(CCCCC3)C2)C1. The topological polar surface area (TPSA) is 47.3 Å². The smallest absolute Gasteiger partial charge is 0.0685 e. The van der Waals surface area contributed by atoms with Crippen molar-refractivity contribution in [3.05, 3.63) is 0 Å². The zero-order valence-electron chi connectivity index (χ0n) is 13.1. The highest BCUT2D eigenvalue weighted by atomic mass is 16.5. The van der Waals surface area contributed by atoms with Crippen molar-refractivity contribution in [1.82, 2.24) is 5.43 Å². The van der Waals surface area contributed by atoms with E-state index in [0.29, 0.717) is 6.04 Å². The minimum absolute atomic E-state index is 0.209. The Hall–Kier alpha value is -0.120. The number of hydrazine groups is 1. The summed E-state index contributed by atoms with van der Waals surface area (Å²) in [6.07, 6.45) is 13.2. The average molecular weight is 280 g/mol. The molecule has 4 atom stereocenters. The van der Waals surface area contributed by atoms with Crippen LogP contribution in [0.2, 0.25) is 0 Å². The molecular formula is C17H32N2O. The number of rotatable bonds is 3. The molecule has 1 saturated heterocycles. The maximum atomic E-state index is 6.25. The van der Waals surface area contributed by atoms with Gasteiger partial charge in [-0.25, -0.2) is 0 Å². The van der Waals surface area contributed by atoms with Crippen molar-refractivity contribution in [2.24, 2.45) is 23.6 Å². The predicted molar refractivity (Wildman–Crippen MR) is 82.1 cm³/mol. The van der Waals surface area contributed by atoms with E-state index >= 15 is 0 Å². The van der Waals surface area contributed by atoms with Gasteiger partial charge in [-0.2, -0.15) is 0 Å². The lowest BCUT2D eigenvalue weighted by Gasteiger charge is -2.46. The van der Waals surface area contributed by atoms with Gasteiger partial charge in [0, 0.05) is 12.6 Å². The second-order valence-corrected chi connectivity index (χ2v) is 7.72. The molecule has 3 aliphatic rings. The van der Waals surface area contributed by atoms with Crippen molar-refractivity contribution >= 4 is 0 Å². The predicted octanol–water partition coefficient (Wildman–Crippen LogP) is 3.38. The third-order valence-electron chi connectivity index (χ3n) is 6.24. The maximum absolute atomic E-state index is 6.25. The molecule has 4 unspecified atom stereocenters. The highest BCUT2D eigenvalue weighted by molar-refractivity contribution is 4.95. The van der Waals surface area contributed by atoms with Gasteiger partial charge in [0.05, 0.1) is 5.60 Å². The number of nitrogens with two attached hydrogens (primary N) is 1. The third-order valence-corrected chi connectivity index (χ3v) is 6.24. The normalized spacial score (nSPS) is 39.0. The van der Waals surface area contributed by atoms with Gasteiger partial charge in [-0.3, -0.25) is 11.3 Å². The summed E-state index contributed by atoms with van der Waals surface area (Å²) in [4.78, 5) is 0. The van der Waals surface area contributed by atoms with Crippen LogP contribution in [0.4, 0.5) is 0 Å². The first-order valence-corrected chi connectivity index (χ1v) is 8.82. The van der Waals surface area contributed by atoms with E-state index < -0.39 is 0 Å². The number of hydrogen-bond acceptors (Lipinski definition) is 3. The summed E-state index contributed by atoms with van der Waals surface area (Å²) in [5.74, 6) is 8.36. The Kier molecular flexibility index (Phi) is 4.68. The monoisotopic (exact) mass is 280 g/mol. The quantitative estimate of drug-likeness (QED) is 0.615. The lowest BCUT2D eigenvalue weighted by atomic mass is 9.72. The van der Waals surface area contributed by atoms with Gasteiger partial charge < -0.3 is 4.74 Å². The van der Waals surface area contributed by atoms with Gasteiger partial charge >= 0.3 is 0 Å². The standard InChI is InChI=1S/C17H32N2O/c1-13-5-6-14(11-13)16(19-18)15-7-10-20-17(12-15)8-3-2-4-9-17/h13-16,19H,2-12,18H2,1H3. The Morgan fingerprint density at radius 2 is 1.90 bits per heavy atom. The molecule has 0 aromatic carbocycles. The van der Waals surface area contributed by atoms with E-state index in [-0.39, 0.29) is 5.60 Å². The Morgan fingerprint density at radius 3 is 2.55 bits per heavy atom. The van der Waals surface area contributed by atoms with E-state index in [1.165, 1.54) is 64.2 Å². The van der Waals surface area contributed by atoms with E-state index in [1.807, 2.05) is 0 Å². The molecular weight excluding hydrogens is 248 g/mol. The Bertz CT molecular complexity index is 309. The molecule has 20 heavy (non-hydrogen) atoms. The molecule has 3 N–H and O–H groups in total. The van der Waals surface area contributed by atoms with E-state index in [1.54, 1.807) is 0 Å². The summed E-state index contributed by atoms with van der Waals surface area (Å²) >= 11 is 0. The molecule has 116 valence electrons. The van der Waals surface area contributed by atoms with Crippen LogP contribution in [0, 0.1) is 17.8 Å². The van der Waals surface area contributed by atoms with Crippen LogP contribution in [0.3, 0.4) is 0 Å². The molecule has 0 aromatic heterocycles. The van der Waals surface area contributed by atoms with Crippen molar-refractivity contribution in [2.45, 2.75) is 82.8 Å². The zero-order chi connectivity index (χ0) is 14.0. The van der Waals surface area contributed by atoms with E-state index in [0.717, 1.165) is 24.4 Å². The van der Waals surface area contributed by atoms with Crippen LogP contribution in [0.5, 0.6) is 0 Å². The first-order valence-electron chi connectivity index (χ1n) is 8.82. The van der Waals surface area contributed by atoms with Crippen molar-refractivity contribution in [3.63, 3.8) is 0 Å². The van der Waals surface area contributed by atoms with Gasteiger partial charge in [0.2, 0.25) is 0 Å². The van der Waals surface area contributed by atoms with Gasteiger partial charge in [-0.1, -0.05) is 32.6 Å². The minimum atomic E-state index is 0.209. The molecule has 0 aromatic rings. The minimum Gasteiger partial charge on any atom is -0.375 e. The molecule has 0 radical (unpaired) electrons. The number of hydrogen-bond donors (Lipinski definition) is 2. The number of nitrogens with one attached hydrogen (secondary N) is 1. The van der Waals surface area contributed by atoms with Gasteiger partial charge in [0.15, 0.2) is 0 Å². The molecule has 0 amide bonds. The molecule has 1 heterocycles. The summed E-state index contributed by atoms with van der Waals surface area (Å²) in [6.45, 7) is 3.34. The molecule has 3 fully saturated rings. The van der Waals surface area contributed by atoms with Crippen LogP contribution >= 0.6 is 0 Å². The third kappa shape index (κ3) is 3.05. The summed E-state index contributed by atoms with van der Waals surface area (Å²) in [5.41, 5.74) is 3.41. The lowest BCUT2D eigenvalue weighted by molar-refractivity contribution is -0.124. The summed E-state index contributed by atoms with van der Waals surface area (Å²) in [5, 5.41) is 0. The Morgan fingerprint density at radius 1 is 1.10 bits per heavy atom. The van der Waals surface area contributed by atoms with Crippen molar-refractivity contribution < 1.29 is 4.74 Å². The Labute approximate surface area is 124 Å². The highest BCUT2D eigenvalue weighted by Gasteiger charge is 2.43. The molecule has 3 heteroatoms. The fourth-order valence-corrected chi connectivity index (χ4v) is 5.15. The van der Waals surface area contributed by atoms with Crippen molar-refractivity contribution in [2.75, 3.05) is 6.61 Å². The van der Waals surface area contributed by atoms with E-state index in [4.69, 9.17) is 10.6 Å². The molecule has 2 aliphatic carbocycles. The molecule has 3 rings (SSSR count). The van der Waals surface area contributed by atoms with Gasteiger partial charge in [0.1, 0.15) is 0 Å². The van der Waals surface area contributed by atoms with Crippen LogP contribution in [0.25, 0.3) is 0 Å². The van der Waals surface area contributed by atoms with Gasteiger partial charge in [0.25, 0.3) is 0 Å². The van der Waals surface area contributed by atoms with E-state index in [2.05, 4.69) is 12.3 Å². The first kappa shape index (κ1) is 14.8. The molecule has 1 aliphatic heterocycles. The molecule has 1 spiro atoms. The highest BCUT2D eigenvalue weighted by Crippen LogP contribution is 2.44. The van der Waals surface area contributed by atoms with Gasteiger partial charge in [-0.05, 0) is 56.3 Å². The average Bonchev–Trinajstić information content (AvgIpc) is 2.87. The lowest BCUT2D eigenvalue weighted by Crippen LogP contribution is -2.51. The van der Waals surface area contributed by atoms with Crippen LogP contribution in [-0.4, -0.2) is 18.2 Å². The fourth-order valence-electron chi connectivity index (χ4n) is 5.15. The second-order valence-electron chi connectivity index (χ2n) is 7.72. The second kappa shape index (κ2) is 6.33. The van der Waals surface area contributed by atoms with E-state index in [9.17, 15) is 0 Å².